The van der Waals surface area contributed by atoms with Gasteiger partial charge < -0.3 is 9.47 Å². The van der Waals surface area contributed by atoms with Crippen LogP contribution in [-0.4, -0.2) is 16.8 Å². The summed E-state index contributed by atoms with van der Waals surface area (Å²) in [7, 11) is 0. The van der Waals surface area contributed by atoms with E-state index in [4.69, 9.17) is 21.7 Å². The van der Waals surface area contributed by atoms with Gasteiger partial charge >= 0.3 is 0 Å². The average Bonchev–Trinajstić information content (AvgIpc) is 3.07. The standard InChI is InChI=1S/C26H23NO3S2/c1-3-29-23-15-19(12-13-22(23)30-17-20-9-7-8-18(2)14-20)16-24-25(28)27(26(31)32-24)21-10-5-4-6-11-21/h4-16H,3,17H2,1-2H3. The van der Waals surface area contributed by atoms with Crippen LogP contribution in [0.1, 0.15) is 23.6 Å². The number of hydrogen-bond donors (Lipinski definition) is 0. The minimum atomic E-state index is -0.121. The molecule has 6 heteroatoms. The maximum Gasteiger partial charge on any atom is 0.270 e. The van der Waals surface area contributed by atoms with Crippen LogP contribution in [0.25, 0.3) is 6.08 Å². The van der Waals surface area contributed by atoms with Crippen LogP contribution in [0.2, 0.25) is 0 Å². The Morgan fingerprint density at radius 1 is 0.969 bits per heavy atom. The lowest BCUT2D eigenvalue weighted by molar-refractivity contribution is -0.113. The second kappa shape index (κ2) is 10.0. The molecule has 3 aromatic carbocycles. The molecule has 1 saturated heterocycles. The van der Waals surface area contributed by atoms with Gasteiger partial charge in [0.2, 0.25) is 0 Å². The fourth-order valence-corrected chi connectivity index (χ4v) is 4.68. The van der Waals surface area contributed by atoms with Crippen LogP contribution in [0.15, 0.2) is 77.7 Å². The molecule has 1 aliphatic rings. The molecule has 3 aromatic rings. The quantitative estimate of drug-likeness (QED) is 0.302. The molecule has 0 bridgehead atoms. The van der Waals surface area contributed by atoms with Crippen LogP contribution in [0.5, 0.6) is 11.5 Å². The van der Waals surface area contributed by atoms with Crippen LogP contribution < -0.4 is 14.4 Å². The summed E-state index contributed by atoms with van der Waals surface area (Å²) < 4.78 is 12.4. The predicted octanol–water partition coefficient (Wildman–Crippen LogP) is 6.38. The highest BCUT2D eigenvalue weighted by Gasteiger charge is 2.33. The van der Waals surface area contributed by atoms with Crippen molar-refractivity contribution in [1.29, 1.82) is 0 Å². The van der Waals surface area contributed by atoms with Crippen molar-refractivity contribution in [3.05, 3.63) is 94.4 Å². The molecule has 32 heavy (non-hydrogen) atoms. The number of carbonyl (C=O) groups excluding carboxylic acids is 1. The molecular formula is C26H23NO3S2. The summed E-state index contributed by atoms with van der Waals surface area (Å²) >= 11 is 6.75. The van der Waals surface area contributed by atoms with Gasteiger partial charge in [-0.1, -0.05) is 78.1 Å². The first kappa shape index (κ1) is 22.1. The van der Waals surface area contributed by atoms with Crippen molar-refractivity contribution in [3.8, 4) is 11.5 Å². The molecule has 4 nitrogen and oxygen atoms in total. The number of ether oxygens (including phenoxy) is 2. The van der Waals surface area contributed by atoms with Crippen molar-refractivity contribution in [2.75, 3.05) is 11.5 Å². The molecule has 0 radical (unpaired) electrons. The van der Waals surface area contributed by atoms with Crippen LogP contribution in [0.3, 0.4) is 0 Å². The Kier molecular flexibility index (Phi) is 6.93. The van der Waals surface area contributed by atoms with Gasteiger partial charge in [-0.3, -0.25) is 9.69 Å². The van der Waals surface area contributed by atoms with Crippen LogP contribution in [0.4, 0.5) is 5.69 Å². The maximum absolute atomic E-state index is 13.0. The fourth-order valence-electron chi connectivity index (χ4n) is 3.38. The van der Waals surface area contributed by atoms with Crippen molar-refractivity contribution in [1.82, 2.24) is 0 Å². The molecule has 0 unspecified atom stereocenters. The fraction of sp³-hybridized carbons (Fsp3) is 0.154. The molecule has 1 fully saturated rings. The Labute approximate surface area is 197 Å². The molecule has 1 amide bonds. The van der Waals surface area contributed by atoms with Gasteiger partial charge in [0.1, 0.15) is 6.61 Å². The van der Waals surface area contributed by atoms with E-state index in [2.05, 4.69) is 19.1 Å². The third-order valence-electron chi connectivity index (χ3n) is 4.85. The highest BCUT2D eigenvalue weighted by atomic mass is 32.2. The summed E-state index contributed by atoms with van der Waals surface area (Å²) in [4.78, 5) is 15.1. The van der Waals surface area contributed by atoms with Gasteiger partial charge in [-0.2, -0.15) is 0 Å². The van der Waals surface area contributed by atoms with Crippen LogP contribution in [-0.2, 0) is 11.4 Å². The number of rotatable bonds is 7. The second-order valence-corrected chi connectivity index (χ2v) is 8.95. The molecule has 1 heterocycles. The Bertz CT molecular complexity index is 1170. The Hall–Kier alpha value is -3.09. The lowest BCUT2D eigenvalue weighted by Gasteiger charge is -2.14. The molecular weight excluding hydrogens is 438 g/mol. The number of thioether (sulfide) groups is 1. The van der Waals surface area contributed by atoms with E-state index in [1.54, 1.807) is 4.90 Å². The second-order valence-electron chi connectivity index (χ2n) is 7.27. The minimum absolute atomic E-state index is 0.121. The van der Waals surface area contributed by atoms with E-state index in [9.17, 15) is 4.79 Å². The van der Waals surface area contributed by atoms with E-state index in [0.717, 1.165) is 16.8 Å². The average molecular weight is 462 g/mol. The zero-order valence-corrected chi connectivity index (χ0v) is 19.5. The van der Waals surface area contributed by atoms with E-state index in [1.165, 1.54) is 17.3 Å². The van der Waals surface area contributed by atoms with E-state index in [0.29, 0.717) is 33.9 Å². The SMILES string of the molecule is CCOc1cc(C=C2SC(=S)N(c3ccccc3)C2=O)ccc1OCc1cccc(C)c1. The summed E-state index contributed by atoms with van der Waals surface area (Å²) in [6.45, 7) is 4.96. The number of carbonyl (C=O) groups is 1. The van der Waals surface area contributed by atoms with Crippen molar-refractivity contribution in [2.24, 2.45) is 0 Å². The molecule has 0 aliphatic carbocycles. The molecule has 0 N–H and O–H groups in total. The largest absolute Gasteiger partial charge is 0.490 e. The van der Waals surface area contributed by atoms with Crippen molar-refractivity contribution in [2.45, 2.75) is 20.5 Å². The zero-order valence-electron chi connectivity index (χ0n) is 17.9. The van der Waals surface area contributed by atoms with Gasteiger partial charge in [0.05, 0.1) is 17.2 Å². The normalized spacial score (nSPS) is 14.8. The number of hydrogen-bond acceptors (Lipinski definition) is 5. The number of para-hydroxylation sites is 1. The lowest BCUT2D eigenvalue weighted by Crippen LogP contribution is -2.27. The Morgan fingerprint density at radius 2 is 1.78 bits per heavy atom. The van der Waals surface area contributed by atoms with Crippen molar-refractivity contribution >= 4 is 46.0 Å². The highest BCUT2D eigenvalue weighted by molar-refractivity contribution is 8.27. The molecule has 162 valence electrons. The monoisotopic (exact) mass is 461 g/mol. The molecule has 0 atom stereocenters. The number of anilines is 1. The van der Waals surface area contributed by atoms with Gasteiger partial charge in [0, 0.05) is 0 Å². The molecule has 1 aliphatic heterocycles. The molecule has 0 saturated carbocycles. The van der Waals surface area contributed by atoms with E-state index < -0.39 is 0 Å². The Morgan fingerprint density at radius 3 is 2.53 bits per heavy atom. The molecule has 4 rings (SSSR count). The first-order chi connectivity index (χ1) is 15.5. The highest BCUT2D eigenvalue weighted by Crippen LogP contribution is 2.37. The van der Waals surface area contributed by atoms with E-state index in [-0.39, 0.29) is 5.91 Å². The predicted molar refractivity (Wildman–Crippen MR) is 135 cm³/mol. The number of amides is 1. The zero-order chi connectivity index (χ0) is 22.5. The first-order valence-electron chi connectivity index (χ1n) is 10.3. The van der Waals surface area contributed by atoms with Crippen LogP contribution in [0, 0.1) is 6.92 Å². The smallest absolute Gasteiger partial charge is 0.270 e. The van der Waals surface area contributed by atoms with Gasteiger partial charge in [0.15, 0.2) is 15.8 Å². The summed E-state index contributed by atoms with van der Waals surface area (Å²) in [5.41, 5.74) is 3.92. The van der Waals surface area contributed by atoms with E-state index in [1.807, 2.05) is 73.7 Å². The van der Waals surface area contributed by atoms with Crippen molar-refractivity contribution < 1.29 is 14.3 Å². The van der Waals surface area contributed by atoms with Gasteiger partial charge in [0.25, 0.3) is 5.91 Å². The maximum atomic E-state index is 13.0. The number of nitrogens with zero attached hydrogens (tertiary/aromatic N) is 1. The Balaban J connectivity index is 1.55. The topological polar surface area (TPSA) is 38.8 Å². The van der Waals surface area contributed by atoms with Crippen molar-refractivity contribution in [3.63, 3.8) is 0 Å². The van der Waals surface area contributed by atoms with E-state index >= 15 is 0 Å². The van der Waals surface area contributed by atoms with Gasteiger partial charge in [-0.15, -0.1) is 0 Å². The number of aryl methyl sites for hydroxylation is 1. The molecule has 0 aromatic heterocycles. The van der Waals surface area contributed by atoms with Crippen LogP contribution >= 0.6 is 24.0 Å². The summed E-state index contributed by atoms with van der Waals surface area (Å²) in [5.74, 6) is 1.19. The lowest BCUT2D eigenvalue weighted by atomic mass is 10.1. The minimum Gasteiger partial charge on any atom is -0.490 e. The number of thiocarbonyl (C=S) groups is 1. The summed E-state index contributed by atoms with van der Waals surface area (Å²) in [6.07, 6.45) is 1.84. The first-order valence-corrected chi connectivity index (χ1v) is 11.6. The van der Waals surface area contributed by atoms with Gasteiger partial charge in [-0.05, 0) is 55.3 Å². The third kappa shape index (κ3) is 5.03. The van der Waals surface area contributed by atoms with Gasteiger partial charge in [-0.25, -0.2) is 0 Å². The molecule has 0 spiro atoms. The summed E-state index contributed by atoms with van der Waals surface area (Å²) in [5, 5.41) is 0. The number of benzene rings is 3. The third-order valence-corrected chi connectivity index (χ3v) is 6.15. The summed E-state index contributed by atoms with van der Waals surface area (Å²) in [6, 6.07) is 23.4.